The molecule has 3 N–H and O–H groups in total. The Labute approximate surface area is 125 Å². The molecule has 2 amide bonds. The van der Waals surface area contributed by atoms with Crippen molar-refractivity contribution in [1.29, 1.82) is 0 Å². The lowest BCUT2D eigenvalue weighted by atomic mass is 9.85. The normalized spacial score (nSPS) is 24.6. The minimum atomic E-state index is -1.13. The summed E-state index contributed by atoms with van der Waals surface area (Å²) in [4.78, 5) is 34.8. The lowest BCUT2D eigenvalue weighted by molar-refractivity contribution is -0.148. The summed E-state index contributed by atoms with van der Waals surface area (Å²) >= 11 is 1.13. The number of hydrogen-bond donors (Lipinski definition) is 3. The molecule has 7 nitrogen and oxygen atoms in total. The molecule has 2 heterocycles. The average molecular weight is 312 g/mol. The highest BCUT2D eigenvalue weighted by molar-refractivity contribution is 7.18. The first kappa shape index (κ1) is 15.5. The van der Waals surface area contributed by atoms with Crippen LogP contribution in [0.5, 0.6) is 0 Å². The van der Waals surface area contributed by atoms with Gasteiger partial charge in [-0.1, -0.05) is 0 Å². The lowest BCUT2D eigenvalue weighted by Crippen LogP contribution is -2.49. The van der Waals surface area contributed by atoms with Crippen molar-refractivity contribution < 1.29 is 24.2 Å². The van der Waals surface area contributed by atoms with E-state index < -0.39 is 17.4 Å². The number of carbonyl (C=O) groups excluding carboxylic acids is 2. The Bertz CT molecular complexity index is 585. The number of carboxylic acid groups (broad SMARTS) is 1. The number of thiophene rings is 1. The van der Waals surface area contributed by atoms with E-state index in [0.29, 0.717) is 9.88 Å². The van der Waals surface area contributed by atoms with Crippen LogP contribution in [0.25, 0.3) is 0 Å². The number of aliphatic carboxylic acids is 1. The smallest absolute Gasteiger partial charge is 0.313 e. The molecule has 21 heavy (non-hydrogen) atoms. The number of carbonyl (C=O) groups is 3. The summed E-state index contributed by atoms with van der Waals surface area (Å²) in [6.07, 6.45) is 0. The zero-order valence-corrected chi connectivity index (χ0v) is 12.5. The predicted molar refractivity (Wildman–Crippen MR) is 76.4 cm³/mol. The molecule has 0 spiro atoms. The van der Waals surface area contributed by atoms with Gasteiger partial charge in [0.2, 0.25) is 5.91 Å². The van der Waals surface area contributed by atoms with Crippen molar-refractivity contribution in [3.63, 3.8) is 0 Å². The van der Waals surface area contributed by atoms with E-state index in [1.165, 1.54) is 6.92 Å². The minimum absolute atomic E-state index is 0.0643. The average Bonchev–Trinajstić information content (AvgIpc) is 2.97. The fraction of sp³-hybridized carbons (Fsp3) is 0.462. The van der Waals surface area contributed by atoms with Crippen molar-refractivity contribution in [3.05, 3.63) is 17.0 Å². The number of rotatable bonds is 4. The quantitative estimate of drug-likeness (QED) is 0.767. The van der Waals surface area contributed by atoms with Crippen LogP contribution >= 0.6 is 11.3 Å². The molecule has 1 fully saturated rings. The molecule has 2 atom stereocenters. The number of carboxylic acids is 1. The molecular formula is C13H16N2O5S. The predicted octanol–water partition coefficient (Wildman–Crippen LogP) is 0.926. The Morgan fingerprint density at radius 2 is 2.14 bits per heavy atom. The second-order valence-corrected chi connectivity index (χ2v) is 6.19. The van der Waals surface area contributed by atoms with E-state index in [1.54, 1.807) is 19.1 Å². The Balaban J connectivity index is 2.06. The highest BCUT2D eigenvalue weighted by Gasteiger charge is 2.47. The third-order valence-electron chi connectivity index (χ3n) is 3.38. The van der Waals surface area contributed by atoms with Crippen LogP contribution in [0.1, 0.15) is 23.5 Å². The number of hydrogen-bond acceptors (Lipinski definition) is 5. The van der Waals surface area contributed by atoms with Gasteiger partial charge < -0.3 is 20.5 Å². The highest BCUT2D eigenvalue weighted by atomic mass is 32.1. The first-order valence-corrected chi connectivity index (χ1v) is 7.14. The molecule has 0 aromatic carbocycles. The first-order valence-electron chi connectivity index (χ1n) is 6.32. The zero-order valence-electron chi connectivity index (χ0n) is 11.6. The SMILES string of the molecule is CC(=O)Nc1ccc(C(=O)NC2COCC2(C)C(=O)O)s1. The van der Waals surface area contributed by atoms with E-state index in [2.05, 4.69) is 10.6 Å². The van der Waals surface area contributed by atoms with Crippen molar-refractivity contribution >= 4 is 34.1 Å². The monoisotopic (exact) mass is 312 g/mol. The molecule has 0 radical (unpaired) electrons. The summed E-state index contributed by atoms with van der Waals surface area (Å²) in [5, 5.41) is 15.1. The van der Waals surface area contributed by atoms with Crippen LogP contribution in [0.2, 0.25) is 0 Å². The van der Waals surface area contributed by atoms with Gasteiger partial charge in [-0.15, -0.1) is 11.3 Å². The van der Waals surface area contributed by atoms with Gasteiger partial charge in [0, 0.05) is 6.92 Å². The van der Waals surface area contributed by atoms with Gasteiger partial charge in [-0.25, -0.2) is 0 Å². The maximum atomic E-state index is 12.1. The largest absolute Gasteiger partial charge is 0.481 e. The fourth-order valence-corrected chi connectivity index (χ4v) is 2.87. The third kappa shape index (κ3) is 3.22. The molecule has 8 heteroatoms. The van der Waals surface area contributed by atoms with E-state index in [9.17, 15) is 19.5 Å². The van der Waals surface area contributed by atoms with Crippen LogP contribution in [0.4, 0.5) is 5.00 Å². The van der Waals surface area contributed by atoms with Gasteiger partial charge in [-0.2, -0.15) is 0 Å². The summed E-state index contributed by atoms with van der Waals surface area (Å²) in [6.45, 7) is 3.16. The molecule has 0 saturated carbocycles. The molecule has 1 aromatic rings. The van der Waals surface area contributed by atoms with Crippen LogP contribution in [-0.4, -0.2) is 42.1 Å². The van der Waals surface area contributed by atoms with Crippen molar-refractivity contribution in [2.24, 2.45) is 5.41 Å². The van der Waals surface area contributed by atoms with Gasteiger partial charge >= 0.3 is 5.97 Å². The maximum absolute atomic E-state index is 12.1. The van der Waals surface area contributed by atoms with Crippen molar-refractivity contribution in [3.8, 4) is 0 Å². The molecule has 1 saturated heterocycles. The van der Waals surface area contributed by atoms with Crippen LogP contribution in [0.15, 0.2) is 12.1 Å². The minimum Gasteiger partial charge on any atom is -0.481 e. The Morgan fingerprint density at radius 1 is 1.43 bits per heavy atom. The van der Waals surface area contributed by atoms with Crippen LogP contribution < -0.4 is 10.6 Å². The molecule has 1 aliphatic heterocycles. The molecule has 2 rings (SSSR count). The highest BCUT2D eigenvalue weighted by Crippen LogP contribution is 2.29. The summed E-state index contributed by atoms with van der Waals surface area (Å²) in [6, 6.07) is 2.62. The summed E-state index contributed by atoms with van der Waals surface area (Å²) in [5.41, 5.74) is -1.13. The molecule has 2 unspecified atom stereocenters. The van der Waals surface area contributed by atoms with Crippen molar-refractivity contribution in [2.45, 2.75) is 19.9 Å². The second kappa shape index (κ2) is 5.82. The van der Waals surface area contributed by atoms with Gasteiger partial charge in [0.05, 0.1) is 29.1 Å². The summed E-state index contributed by atoms with van der Waals surface area (Å²) < 4.78 is 5.18. The zero-order chi connectivity index (χ0) is 15.6. The number of anilines is 1. The van der Waals surface area contributed by atoms with E-state index in [4.69, 9.17) is 4.74 Å². The van der Waals surface area contributed by atoms with Crippen LogP contribution in [0.3, 0.4) is 0 Å². The molecule has 1 aliphatic rings. The van der Waals surface area contributed by atoms with Crippen LogP contribution in [-0.2, 0) is 14.3 Å². The van der Waals surface area contributed by atoms with Gasteiger partial charge in [0.25, 0.3) is 5.91 Å². The topological polar surface area (TPSA) is 105 Å². The molecule has 114 valence electrons. The second-order valence-electron chi connectivity index (χ2n) is 5.11. The van der Waals surface area contributed by atoms with Gasteiger partial charge in [0.1, 0.15) is 5.41 Å². The van der Waals surface area contributed by atoms with Gasteiger partial charge in [-0.05, 0) is 19.1 Å². The summed E-state index contributed by atoms with van der Waals surface area (Å²) in [7, 11) is 0. The lowest BCUT2D eigenvalue weighted by Gasteiger charge is -2.25. The first-order chi connectivity index (χ1) is 9.83. The van der Waals surface area contributed by atoms with Gasteiger partial charge in [0.15, 0.2) is 0 Å². The Kier molecular flexibility index (Phi) is 4.29. The number of ether oxygens (including phenoxy) is 1. The summed E-state index contributed by atoms with van der Waals surface area (Å²) in [5.74, 6) is -1.60. The maximum Gasteiger partial charge on any atom is 0.313 e. The number of amides is 2. The molecule has 0 bridgehead atoms. The van der Waals surface area contributed by atoms with Crippen molar-refractivity contribution in [2.75, 3.05) is 18.5 Å². The molecule has 1 aromatic heterocycles. The Hall–Kier alpha value is -1.93. The van der Waals surface area contributed by atoms with E-state index in [-0.39, 0.29) is 25.0 Å². The molecule has 0 aliphatic carbocycles. The van der Waals surface area contributed by atoms with E-state index in [1.807, 2.05) is 0 Å². The van der Waals surface area contributed by atoms with E-state index in [0.717, 1.165) is 11.3 Å². The van der Waals surface area contributed by atoms with Crippen molar-refractivity contribution in [1.82, 2.24) is 5.32 Å². The molecular weight excluding hydrogens is 296 g/mol. The van der Waals surface area contributed by atoms with Crippen LogP contribution in [0, 0.1) is 5.41 Å². The standard InChI is InChI=1S/C13H16N2O5S/c1-7(16)14-10-4-3-8(21-10)11(17)15-9-5-20-6-13(9,2)12(18)19/h3-4,9H,5-6H2,1-2H3,(H,14,16)(H,15,17)(H,18,19). The Morgan fingerprint density at radius 3 is 2.76 bits per heavy atom. The van der Waals surface area contributed by atoms with Gasteiger partial charge in [-0.3, -0.25) is 14.4 Å². The van der Waals surface area contributed by atoms with E-state index >= 15 is 0 Å². The number of nitrogens with one attached hydrogen (secondary N) is 2. The third-order valence-corrected chi connectivity index (χ3v) is 4.38. The fourth-order valence-electron chi connectivity index (χ4n) is 2.02.